The number of benzene rings is 1. The Morgan fingerprint density at radius 1 is 1.26 bits per heavy atom. The van der Waals surface area contributed by atoms with Gasteiger partial charge in [-0.1, -0.05) is 11.6 Å². The lowest BCUT2D eigenvalue weighted by atomic mass is 9.99. The molecule has 182 valence electrons. The summed E-state index contributed by atoms with van der Waals surface area (Å²) in [4.78, 5) is 34.3. The Bertz CT molecular complexity index is 1070. The average molecular weight is 485 g/mol. The summed E-state index contributed by atoms with van der Waals surface area (Å²) < 4.78 is 5.78. The molecule has 8 heteroatoms. The lowest BCUT2D eigenvalue weighted by Crippen LogP contribution is -2.58. The van der Waals surface area contributed by atoms with Crippen molar-refractivity contribution in [3.63, 3.8) is 0 Å². The Morgan fingerprint density at radius 3 is 2.71 bits per heavy atom. The normalized spacial score (nSPS) is 23.2. The maximum absolute atomic E-state index is 13.1. The fourth-order valence-electron chi connectivity index (χ4n) is 4.80. The zero-order valence-electron chi connectivity index (χ0n) is 20.4. The zero-order valence-corrected chi connectivity index (χ0v) is 21.1. The van der Waals surface area contributed by atoms with Gasteiger partial charge in [0, 0.05) is 61.4 Å². The number of nitrogens with zero attached hydrogens (tertiary/aromatic N) is 3. The van der Waals surface area contributed by atoms with Crippen LogP contribution < -0.4 is 5.32 Å². The van der Waals surface area contributed by atoms with Gasteiger partial charge >= 0.3 is 0 Å². The smallest absolute Gasteiger partial charge is 0.257 e. The van der Waals surface area contributed by atoms with Crippen LogP contribution in [0, 0.1) is 13.8 Å². The van der Waals surface area contributed by atoms with Crippen LogP contribution in [0.5, 0.6) is 0 Å². The van der Waals surface area contributed by atoms with Crippen LogP contribution in [0.15, 0.2) is 30.5 Å². The van der Waals surface area contributed by atoms with Crippen LogP contribution >= 0.6 is 11.6 Å². The molecule has 1 aromatic carbocycles. The van der Waals surface area contributed by atoms with Crippen molar-refractivity contribution in [1.29, 1.82) is 0 Å². The zero-order chi connectivity index (χ0) is 24.5. The molecule has 0 aliphatic carbocycles. The SMILES string of the molecule is Cc1ccc(C(=O)Nc2cc(Cl)cc(CN3CCN(C(=O)C4(C)CCCO4)C(C)C3)c2C)cn1. The van der Waals surface area contributed by atoms with Crippen LogP contribution in [0.4, 0.5) is 5.69 Å². The molecule has 2 unspecified atom stereocenters. The summed E-state index contributed by atoms with van der Waals surface area (Å²) in [6.45, 7) is 11.5. The van der Waals surface area contributed by atoms with Gasteiger partial charge in [0.05, 0.1) is 5.56 Å². The van der Waals surface area contributed by atoms with Gasteiger partial charge in [-0.25, -0.2) is 0 Å². The number of amides is 2. The molecule has 2 amide bonds. The third-order valence-electron chi connectivity index (χ3n) is 6.94. The average Bonchev–Trinajstić information content (AvgIpc) is 3.25. The van der Waals surface area contributed by atoms with Gasteiger partial charge in [0.25, 0.3) is 11.8 Å². The highest BCUT2D eigenvalue weighted by atomic mass is 35.5. The Morgan fingerprint density at radius 2 is 2.06 bits per heavy atom. The number of hydrogen-bond donors (Lipinski definition) is 1. The molecule has 2 saturated heterocycles. The third-order valence-corrected chi connectivity index (χ3v) is 7.16. The molecule has 2 aliphatic heterocycles. The number of pyridine rings is 1. The van der Waals surface area contributed by atoms with Crippen molar-refractivity contribution in [3.05, 3.63) is 57.9 Å². The number of anilines is 1. The number of rotatable bonds is 5. The van der Waals surface area contributed by atoms with Crippen LogP contribution in [-0.2, 0) is 16.1 Å². The molecule has 1 aromatic heterocycles. The standard InChI is InChI=1S/C26H33ClN4O3/c1-17-6-7-20(14-28-17)24(32)29-23-13-22(27)12-21(19(23)3)16-30-9-10-31(18(2)15-30)25(33)26(4)8-5-11-34-26/h6-7,12-14,18H,5,8-11,15-16H2,1-4H3,(H,29,32). The molecule has 0 saturated carbocycles. The number of carbonyl (C=O) groups excluding carboxylic acids is 2. The first-order chi connectivity index (χ1) is 16.2. The van der Waals surface area contributed by atoms with Crippen LogP contribution in [-0.4, -0.2) is 64.5 Å². The Labute approximate surface area is 206 Å². The van der Waals surface area contributed by atoms with Crippen molar-refractivity contribution in [3.8, 4) is 0 Å². The van der Waals surface area contributed by atoms with Gasteiger partial charge in [-0.2, -0.15) is 0 Å². The van der Waals surface area contributed by atoms with E-state index in [1.807, 2.05) is 37.8 Å². The van der Waals surface area contributed by atoms with Crippen LogP contribution in [0.1, 0.15) is 53.9 Å². The Kier molecular flexibility index (Phi) is 7.26. The first-order valence-corrected chi connectivity index (χ1v) is 12.2. The molecule has 34 heavy (non-hydrogen) atoms. The van der Waals surface area contributed by atoms with Crippen molar-refractivity contribution < 1.29 is 14.3 Å². The highest BCUT2D eigenvalue weighted by Gasteiger charge is 2.43. The van der Waals surface area contributed by atoms with Crippen LogP contribution in [0.25, 0.3) is 0 Å². The van der Waals surface area contributed by atoms with Crippen molar-refractivity contribution in [1.82, 2.24) is 14.8 Å². The molecule has 2 aromatic rings. The number of piperazine rings is 1. The second kappa shape index (κ2) is 10.0. The monoisotopic (exact) mass is 484 g/mol. The maximum Gasteiger partial charge on any atom is 0.257 e. The van der Waals surface area contributed by atoms with Gasteiger partial charge < -0.3 is 15.0 Å². The molecular weight excluding hydrogens is 452 g/mol. The van der Waals surface area contributed by atoms with E-state index >= 15 is 0 Å². The highest BCUT2D eigenvalue weighted by Crippen LogP contribution is 2.30. The van der Waals surface area contributed by atoms with Crippen molar-refractivity contribution in [2.75, 3.05) is 31.6 Å². The minimum absolute atomic E-state index is 0.0926. The summed E-state index contributed by atoms with van der Waals surface area (Å²) in [5.41, 5.74) is 3.42. The number of carbonyl (C=O) groups is 2. The van der Waals surface area contributed by atoms with Crippen molar-refractivity contribution in [2.45, 2.75) is 58.7 Å². The predicted molar refractivity (Wildman–Crippen MR) is 133 cm³/mol. The molecule has 0 spiro atoms. The lowest BCUT2D eigenvalue weighted by Gasteiger charge is -2.42. The van der Waals surface area contributed by atoms with Crippen molar-refractivity contribution in [2.24, 2.45) is 0 Å². The van der Waals surface area contributed by atoms with Crippen molar-refractivity contribution >= 4 is 29.1 Å². The summed E-state index contributed by atoms with van der Waals surface area (Å²) in [6, 6.07) is 7.40. The highest BCUT2D eigenvalue weighted by molar-refractivity contribution is 6.31. The van der Waals surface area contributed by atoms with Gasteiger partial charge in [-0.05, 0) is 75.9 Å². The molecule has 2 fully saturated rings. The van der Waals surface area contributed by atoms with E-state index in [-0.39, 0.29) is 17.9 Å². The van der Waals surface area contributed by atoms with Gasteiger partial charge in [-0.15, -0.1) is 0 Å². The molecule has 2 atom stereocenters. The van der Waals surface area contributed by atoms with Crippen LogP contribution in [0.3, 0.4) is 0 Å². The minimum atomic E-state index is -0.681. The summed E-state index contributed by atoms with van der Waals surface area (Å²) >= 11 is 6.42. The number of aryl methyl sites for hydroxylation is 1. The first kappa shape index (κ1) is 24.6. The number of halogens is 1. The third kappa shape index (κ3) is 5.27. The molecule has 0 bridgehead atoms. The fourth-order valence-corrected chi connectivity index (χ4v) is 5.04. The van der Waals surface area contributed by atoms with E-state index in [1.54, 1.807) is 18.3 Å². The van der Waals surface area contributed by atoms with E-state index < -0.39 is 5.60 Å². The van der Waals surface area contributed by atoms with Crippen LogP contribution in [0.2, 0.25) is 5.02 Å². The fraction of sp³-hybridized carbons (Fsp3) is 0.500. The van der Waals surface area contributed by atoms with E-state index in [4.69, 9.17) is 16.3 Å². The number of ether oxygens (including phenoxy) is 1. The van der Waals surface area contributed by atoms with Gasteiger partial charge in [0.2, 0.25) is 0 Å². The van der Waals surface area contributed by atoms with Gasteiger partial charge in [0.15, 0.2) is 0 Å². The quantitative estimate of drug-likeness (QED) is 0.688. The Hall–Kier alpha value is -2.48. The summed E-state index contributed by atoms with van der Waals surface area (Å²) in [5, 5.41) is 3.56. The predicted octanol–water partition coefficient (Wildman–Crippen LogP) is 4.21. The maximum atomic E-state index is 13.1. The number of hydrogen-bond acceptors (Lipinski definition) is 5. The second-order valence-electron chi connectivity index (χ2n) is 9.65. The molecule has 2 aliphatic rings. The summed E-state index contributed by atoms with van der Waals surface area (Å²) in [6.07, 6.45) is 3.29. The molecule has 1 N–H and O–H groups in total. The minimum Gasteiger partial charge on any atom is -0.365 e. The molecular formula is C26H33ClN4O3. The van der Waals surface area contributed by atoms with E-state index in [0.29, 0.717) is 36.0 Å². The first-order valence-electron chi connectivity index (χ1n) is 11.9. The van der Waals surface area contributed by atoms with E-state index in [1.165, 1.54) is 0 Å². The van der Waals surface area contributed by atoms with Gasteiger partial charge in [-0.3, -0.25) is 19.5 Å². The molecule has 7 nitrogen and oxygen atoms in total. The number of aromatic nitrogens is 1. The summed E-state index contributed by atoms with van der Waals surface area (Å²) in [7, 11) is 0. The van der Waals surface area contributed by atoms with E-state index in [0.717, 1.165) is 42.8 Å². The van der Waals surface area contributed by atoms with Gasteiger partial charge in [0.1, 0.15) is 5.60 Å². The number of nitrogens with one attached hydrogen (secondary N) is 1. The molecule has 4 rings (SSSR count). The topological polar surface area (TPSA) is 74.8 Å². The summed E-state index contributed by atoms with van der Waals surface area (Å²) in [5.74, 6) is -0.112. The van der Waals surface area contributed by atoms with E-state index in [9.17, 15) is 9.59 Å². The van der Waals surface area contributed by atoms with E-state index in [2.05, 4.69) is 22.1 Å². The Balaban J connectivity index is 1.43. The largest absolute Gasteiger partial charge is 0.365 e. The second-order valence-corrected chi connectivity index (χ2v) is 10.1. The molecule has 3 heterocycles. The molecule has 0 radical (unpaired) electrons. The lowest BCUT2D eigenvalue weighted by molar-refractivity contribution is -0.155.